The normalized spacial score (nSPS) is 11.4. The Morgan fingerprint density at radius 3 is 2.31 bits per heavy atom. The molecule has 9 heteroatoms. The number of amides is 1. The summed E-state index contributed by atoms with van der Waals surface area (Å²) < 4.78 is 40.4. The predicted octanol–water partition coefficient (Wildman–Crippen LogP) is 4.04. The maximum atomic E-state index is 12.9. The van der Waals surface area contributed by atoms with E-state index in [9.17, 15) is 17.6 Å². The second-order valence-corrected chi connectivity index (χ2v) is 7.97. The molecule has 148 valence electrons. The van der Waals surface area contributed by atoms with E-state index < -0.39 is 15.9 Å². The van der Waals surface area contributed by atoms with Gasteiger partial charge < -0.3 is 0 Å². The van der Waals surface area contributed by atoms with Gasteiger partial charge in [0, 0.05) is 5.02 Å². The van der Waals surface area contributed by atoms with Crippen molar-refractivity contribution < 1.29 is 17.6 Å². The molecule has 0 saturated carbocycles. The molecule has 0 atom stereocenters. The number of benzene rings is 3. The molecular formula is C20H15ClFN3O3S. The Morgan fingerprint density at radius 2 is 1.62 bits per heavy atom. The first-order valence-corrected chi connectivity index (χ1v) is 10.2. The molecule has 0 aliphatic heterocycles. The van der Waals surface area contributed by atoms with Crippen LogP contribution >= 0.6 is 11.6 Å². The zero-order valence-corrected chi connectivity index (χ0v) is 16.4. The maximum Gasteiger partial charge on any atom is 0.273 e. The molecule has 0 bridgehead atoms. The molecule has 2 N–H and O–H groups in total. The van der Waals surface area contributed by atoms with Crippen molar-refractivity contribution in [3.05, 3.63) is 94.8 Å². The third-order valence-corrected chi connectivity index (χ3v) is 5.42. The van der Waals surface area contributed by atoms with Crippen molar-refractivity contribution in [2.75, 3.05) is 4.72 Å². The standard InChI is InChI=1S/C20H15ClFN3O3S/c21-15-7-11-17(12-8-15)29(27,28)25-19-4-2-1-3-18(19)20(26)24-23-13-14-5-9-16(22)10-6-14/h1-13,25H,(H,24,26)/b23-13-. The van der Waals surface area contributed by atoms with Crippen LogP contribution in [0.3, 0.4) is 0 Å². The van der Waals surface area contributed by atoms with Crippen LogP contribution in [0.1, 0.15) is 15.9 Å². The molecule has 29 heavy (non-hydrogen) atoms. The molecule has 0 aliphatic carbocycles. The minimum atomic E-state index is -3.92. The first-order valence-electron chi connectivity index (χ1n) is 8.31. The van der Waals surface area contributed by atoms with Gasteiger partial charge in [0.25, 0.3) is 15.9 Å². The van der Waals surface area contributed by atoms with E-state index in [-0.39, 0.29) is 22.0 Å². The molecule has 6 nitrogen and oxygen atoms in total. The Bertz CT molecular complexity index is 1150. The van der Waals surface area contributed by atoms with Crippen LogP contribution in [0.2, 0.25) is 5.02 Å². The highest BCUT2D eigenvalue weighted by Crippen LogP contribution is 2.21. The minimum absolute atomic E-state index is 0.00596. The monoisotopic (exact) mass is 431 g/mol. The number of nitrogens with zero attached hydrogens (tertiary/aromatic N) is 1. The van der Waals surface area contributed by atoms with Crippen molar-refractivity contribution in [2.24, 2.45) is 5.10 Å². The van der Waals surface area contributed by atoms with Crippen LogP contribution in [0.5, 0.6) is 0 Å². The van der Waals surface area contributed by atoms with Crippen LogP contribution in [-0.2, 0) is 10.0 Å². The molecule has 0 heterocycles. The van der Waals surface area contributed by atoms with Gasteiger partial charge in [-0.2, -0.15) is 5.10 Å². The Balaban J connectivity index is 1.76. The van der Waals surface area contributed by atoms with Crippen molar-refractivity contribution >= 4 is 39.4 Å². The van der Waals surface area contributed by atoms with E-state index in [4.69, 9.17) is 11.6 Å². The summed E-state index contributed by atoms with van der Waals surface area (Å²) in [6, 6.07) is 17.3. The summed E-state index contributed by atoms with van der Waals surface area (Å²) in [5.41, 5.74) is 3.09. The number of hydrogen-bond donors (Lipinski definition) is 2. The van der Waals surface area contributed by atoms with Crippen molar-refractivity contribution in [3.8, 4) is 0 Å². The summed E-state index contributed by atoms with van der Waals surface area (Å²) in [6.45, 7) is 0. The maximum absolute atomic E-state index is 12.9. The zero-order valence-electron chi connectivity index (χ0n) is 14.8. The molecule has 0 unspecified atom stereocenters. The van der Waals surface area contributed by atoms with Crippen molar-refractivity contribution in [3.63, 3.8) is 0 Å². The largest absolute Gasteiger partial charge is 0.279 e. The number of hydrazone groups is 1. The summed E-state index contributed by atoms with van der Waals surface area (Å²) in [5.74, 6) is -0.995. The molecule has 3 aromatic carbocycles. The van der Waals surface area contributed by atoms with Gasteiger partial charge in [-0.05, 0) is 54.1 Å². The number of hydrogen-bond acceptors (Lipinski definition) is 4. The van der Waals surface area contributed by atoms with Gasteiger partial charge in [-0.1, -0.05) is 35.9 Å². The number of para-hydroxylation sites is 1. The fourth-order valence-electron chi connectivity index (χ4n) is 2.36. The smallest absolute Gasteiger partial charge is 0.273 e. The molecular weight excluding hydrogens is 417 g/mol. The van der Waals surface area contributed by atoms with E-state index in [2.05, 4.69) is 15.2 Å². The van der Waals surface area contributed by atoms with Gasteiger partial charge in [0.15, 0.2) is 0 Å². The predicted molar refractivity (Wildman–Crippen MR) is 110 cm³/mol. The quantitative estimate of drug-likeness (QED) is 0.456. The number of nitrogens with one attached hydrogen (secondary N) is 2. The lowest BCUT2D eigenvalue weighted by Crippen LogP contribution is -2.21. The van der Waals surface area contributed by atoms with Gasteiger partial charge in [-0.15, -0.1) is 0 Å². The average molecular weight is 432 g/mol. The highest BCUT2D eigenvalue weighted by Gasteiger charge is 2.18. The Labute approximate surface area is 172 Å². The SMILES string of the molecule is O=C(N/N=C\c1ccc(F)cc1)c1ccccc1NS(=O)(=O)c1ccc(Cl)cc1. The van der Waals surface area contributed by atoms with Crippen LogP contribution in [0.25, 0.3) is 0 Å². The van der Waals surface area contributed by atoms with E-state index in [1.54, 1.807) is 12.1 Å². The topological polar surface area (TPSA) is 87.6 Å². The van der Waals surface area contributed by atoms with Crippen LogP contribution in [0.15, 0.2) is 82.8 Å². The zero-order chi connectivity index (χ0) is 20.9. The van der Waals surface area contributed by atoms with Crippen molar-refractivity contribution in [1.82, 2.24) is 5.43 Å². The Hall–Kier alpha value is -3.23. The lowest BCUT2D eigenvalue weighted by molar-refractivity contribution is 0.0956. The van der Waals surface area contributed by atoms with Gasteiger partial charge in [0.2, 0.25) is 0 Å². The van der Waals surface area contributed by atoms with E-state index in [1.165, 1.54) is 66.9 Å². The first kappa shape index (κ1) is 20.5. The fourth-order valence-corrected chi connectivity index (χ4v) is 3.57. The lowest BCUT2D eigenvalue weighted by Gasteiger charge is -2.11. The number of anilines is 1. The van der Waals surface area contributed by atoms with Crippen molar-refractivity contribution in [1.29, 1.82) is 0 Å². The average Bonchev–Trinajstić information content (AvgIpc) is 2.70. The number of sulfonamides is 1. The van der Waals surface area contributed by atoms with Gasteiger partial charge in [-0.3, -0.25) is 9.52 Å². The van der Waals surface area contributed by atoms with E-state index >= 15 is 0 Å². The summed E-state index contributed by atoms with van der Waals surface area (Å²) in [5, 5.41) is 4.22. The van der Waals surface area contributed by atoms with Crippen LogP contribution in [0, 0.1) is 5.82 Å². The Morgan fingerprint density at radius 1 is 0.966 bits per heavy atom. The lowest BCUT2D eigenvalue weighted by atomic mass is 10.2. The molecule has 0 aliphatic rings. The highest BCUT2D eigenvalue weighted by atomic mass is 35.5. The summed E-state index contributed by atoms with van der Waals surface area (Å²) in [7, 11) is -3.92. The summed E-state index contributed by atoms with van der Waals surface area (Å²) in [6.07, 6.45) is 1.35. The molecule has 0 saturated heterocycles. The third-order valence-electron chi connectivity index (χ3n) is 3.79. The molecule has 1 amide bonds. The first-order chi connectivity index (χ1) is 13.8. The summed E-state index contributed by atoms with van der Waals surface area (Å²) in [4.78, 5) is 12.4. The van der Waals surface area contributed by atoms with Crippen LogP contribution in [-0.4, -0.2) is 20.5 Å². The third kappa shape index (κ3) is 5.40. The molecule has 0 fully saturated rings. The second-order valence-electron chi connectivity index (χ2n) is 5.86. The molecule has 3 rings (SSSR count). The van der Waals surface area contributed by atoms with E-state index in [1.807, 2.05) is 0 Å². The van der Waals surface area contributed by atoms with Crippen LogP contribution < -0.4 is 10.1 Å². The van der Waals surface area contributed by atoms with E-state index in [0.29, 0.717) is 10.6 Å². The van der Waals surface area contributed by atoms with Gasteiger partial charge in [-0.25, -0.2) is 18.2 Å². The van der Waals surface area contributed by atoms with Crippen LogP contribution in [0.4, 0.5) is 10.1 Å². The number of rotatable bonds is 6. The van der Waals surface area contributed by atoms with Gasteiger partial charge >= 0.3 is 0 Å². The number of carbonyl (C=O) groups excluding carboxylic acids is 1. The molecule has 0 spiro atoms. The van der Waals surface area contributed by atoms with Gasteiger partial charge in [0.05, 0.1) is 22.4 Å². The van der Waals surface area contributed by atoms with Crippen molar-refractivity contribution in [2.45, 2.75) is 4.90 Å². The second kappa shape index (κ2) is 8.85. The molecule has 0 radical (unpaired) electrons. The number of halogens is 2. The fraction of sp³-hybridized carbons (Fsp3) is 0. The highest BCUT2D eigenvalue weighted by molar-refractivity contribution is 7.92. The molecule has 3 aromatic rings. The number of carbonyl (C=O) groups is 1. The van der Waals surface area contributed by atoms with E-state index in [0.717, 1.165) is 0 Å². The van der Waals surface area contributed by atoms with Gasteiger partial charge in [0.1, 0.15) is 5.82 Å². The molecule has 0 aromatic heterocycles. The summed E-state index contributed by atoms with van der Waals surface area (Å²) >= 11 is 5.79. The Kier molecular flexibility index (Phi) is 6.26. The minimum Gasteiger partial charge on any atom is -0.279 e.